The van der Waals surface area contributed by atoms with Crippen molar-refractivity contribution >= 4 is 35.1 Å². The summed E-state index contributed by atoms with van der Waals surface area (Å²) in [4.78, 5) is 21.7. The lowest BCUT2D eigenvalue weighted by atomic mass is 10.1. The van der Waals surface area contributed by atoms with Crippen molar-refractivity contribution in [3.8, 4) is 0 Å². The van der Waals surface area contributed by atoms with Gasteiger partial charge in [-0.3, -0.25) is 0 Å². The smallest absolute Gasteiger partial charge is 0.336 e. The molecule has 0 fully saturated rings. The van der Waals surface area contributed by atoms with E-state index in [0.29, 0.717) is 0 Å². The molecule has 0 saturated carbocycles. The molecule has 6 heteroatoms. The summed E-state index contributed by atoms with van der Waals surface area (Å²) in [6, 6.07) is 0. The highest BCUT2D eigenvalue weighted by Crippen LogP contribution is 2.10. The van der Waals surface area contributed by atoms with Gasteiger partial charge >= 0.3 is 11.9 Å². The zero-order valence-corrected chi connectivity index (χ0v) is 9.70. The molecule has 0 rings (SSSR count). The summed E-state index contributed by atoms with van der Waals surface area (Å²) in [6.07, 6.45) is 5.00. The molecule has 88 valence electrons. The van der Waals surface area contributed by atoms with Gasteiger partial charge in [-0.15, -0.1) is 23.2 Å². The Morgan fingerprint density at radius 1 is 0.875 bits per heavy atom. The van der Waals surface area contributed by atoms with Crippen LogP contribution >= 0.6 is 23.2 Å². The highest BCUT2D eigenvalue weighted by Gasteiger charge is 2.15. The fraction of sp³-hybridized carbons (Fsp3) is 0.200. The Morgan fingerprint density at radius 3 is 1.38 bits per heavy atom. The largest absolute Gasteiger partial charge is 0.478 e. The maximum Gasteiger partial charge on any atom is 0.336 e. The van der Waals surface area contributed by atoms with Gasteiger partial charge in [-0.1, -0.05) is 12.2 Å². The van der Waals surface area contributed by atoms with Gasteiger partial charge in [-0.2, -0.15) is 0 Å². The molecular formula is C10H10Cl2O4. The van der Waals surface area contributed by atoms with E-state index in [-0.39, 0.29) is 22.9 Å². The minimum absolute atomic E-state index is 0.100. The average Bonchev–Trinajstić information content (AvgIpc) is 2.21. The predicted molar refractivity (Wildman–Crippen MR) is 62.0 cm³/mol. The second kappa shape index (κ2) is 7.96. The summed E-state index contributed by atoms with van der Waals surface area (Å²) in [7, 11) is 0. The van der Waals surface area contributed by atoms with Gasteiger partial charge in [0.2, 0.25) is 0 Å². The van der Waals surface area contributed by atoms with Crippen molar-refractivity contribution in [2.75, 3.05) is 11.8 Å². The third-order valence-electron chi connectivity index (χ3n) is 1.50. The number of carbonyl (C=O) groups is 2. The number of allylic oxidation sites excluding steroid dienone is 2. The number of carboxylic acid groups (broad SMARTS) is 2. The Labute approximate surface area is 102 Å². The first kappa shape index (κ1) is 14.7. The molecule has 0 heterocycles. The van der Waals surface area contributed by atoms with Gasteiger partial charge in [-0.25, -0.2) is 9.59 Å². The van der Waals surface area contributed by atoms with E-state index < -0.39 is 11.9 Å². The van der Waals surface area contributed by atoms with Crippen molar-refractivity contribution < 1.29 is 19.8 Å². The molecule has 0 aliphatic carbocycles. The van der Waals surface area contributed by atoms with E-state index in [1.165, 1.54) is 12.2 Å². The standard InChI is InChI=1S/C10H10Cl2O4/c11-5-1-3-7(9(13)14)8(10(15)16)4-2-6-12/h1-4H,5-6H2,(H,13,14)(H,15,16)/b3-1?,4-2?,8-7-. The number of halogens is 2. The minimum atomic E-state index is -1.34. The first-order valence-corrected chi connectivity index (χ1v) is 5.27. The number of carboxylic acids is 2. The van der Waals surface area contributed by atoms with Gasteiger partial charge in [0.1, 0.15) is 0 Å². The maximum atomic E-state index is 10.8. The van der Waals surface area contributed by atoms with Gasteiger partial charge in [0.05, 0.1) is 11.1 Å². The summed E-state index contributed by atoms with van der Waals surface area (Å²) in [5, 5.41) is 17.7. The van der Waals surface area contributed by atoms with Gasteiger partial charge in [0, 0.05) is 11.8 Å². The summed E-state index contributed by atoms with van der Waals surface area (Å²) in [5.74, 6) is -2.47. The molecule has 0 radical (unpaired) electrons. The molecule has 0 aromatic heterocycles. The lowest BCUT2D eigenvalue weighted by Gasteiger charge is -2.00. The van der Waals surface area contributed by atoms with Crippen LogP contribution < -0.4 is 0 Å². The zero-order chi connectivity index (χ0) is 12.6. The molecule has 2 N–H and O–H groups in total. The lowest BCUT2D eigenvalue weighted by molar-refractivity contribution is -0.135. The molecule has 0 unspecified atom stereocenters. The first-order valence-electron chi connectivity index (χ1n) is 4.20. The van der Waals surface area contributed by atoms with Gasteiger partial charge < -0.3 is 10.2 Å². The predicted octanol–water partition coefficient (Wildman–Crippen LogP) is 2.04. The first-order chi connectivity index (χ1) is 7.54. The van der Waals surface area contributed by atoms with Crippen LogP contribution in [-0.4, -0.2) is 33.9 Å². The normalized spacial score (nSPS) is 13.1. The molecule has 16 heavy (non-hydrogen) atoms. The van der Waals surface area contributed by atoms with Crippen molar-refractivity contribution in [1.29, 1.82) is 0 Å². The summed E-state index contributed by atoms with van der Waals surface area (Å²) >= 11 is 10.7. The van der Waals surface area contributed by atoms with E-state index in [2.05, 4.69) is 0 Å². The maximum absolute atomic E-state index is 10.8. The van der Waals surface area contributed by atoms with Gasteiger partial charge in [-0.05, 0) is 12.2 Å². The number of hydrogen-bond donors (Lipinski definition) is 2. The highest BCUT2D eigenvalue weighted by molar-refractivity contribution is 6.19. The number of rotatable bonds is 6. The zero-order valence-electron chi connectivity index (χ0n) is 8.19. The van der Waals surface area contributed by atoms with Crippen LogP contribution in [0.5, 0.6) is 0 Å². The molecular weight excluding hydrogens is 255 g/mol. The highest BCUT2D eigenvalue weighted by atomic mass is 35.5. The second-order valence-corrected chi connectivity index (χ2v) is 3.17. The van der Waals surface area contributed by atoms with Crippen LogP contribution in [0.15, 0.2) is 35.5 Å². The fourth-order valence-electron chi connectivity index (χ4n) is 0.877. The van der Waals surface area contributed by atoms with E-state index in [0.717, 1.165) is 12.2 Å². The molecule has 4 nitrogen and oxygen atoms in total. The van der Waals surface area contributed by atoms with Crippen LogP contribution in [0.4, 0.5) is 0 Å². The van der Waals surface area contributed by atoms with Crippen molar-refractivity contribution in [1.82, 2.24) is 0 Å². The molecule has 0 amide bonds. The van der Waals surface area contributed by atoms with Crippen LogP contribution in [0, 0.1) is 0 Å². The summed E-state index contributed by atoms with van der Waals surface area (Å²) in [6.45, 7) is 0. The molecule has 0 aliphatic heterocycles. The van der Waals surface area contributed by atoms with Crippen molar-refractivity contribution in [2.45, 2.75) is 0 Å². The number of alkyl halides is 2. The number of hydrogen-bond acceptors (Lipinski definition) is 2. The Kier molecular flexibility index (Phi) is 7.33. The third-order valence-corrected chi connectivity index (χ3v) is 1.85. The molecule has 0 bridgehead atoms. The third kappa shape index (κ3) is 5.00. The average molecular weight is 265 g/mol. The van der Waals surface area contributed by atoms with Crippen LogP contribution in [0.25, 0.3) is 0 Å². The van der Waals surface area contributed by atoms with E-state index in [1.807, 2.05) is 0 Å². The van der Waals surface area contributed by atoms with E-state index in [1.54, 1.807) is 0 Å². The Morgan fingerprint density at radius 2 is 1.19 bits per heavy atom. The van der Waals surface area contributed by atoms with Crippen molar-refractivity contribution in [3.05, 3.63) is 35.5 Å². The molecule has 0 aliphatic rings. The molecule has 0 atom stereocenters. The lowest BCUT2D eigenvalue weighted by Crippen LogP contribution is -2.08. The van der Waals surface area contributed by atoms with Gasteiger partial charge in [0.25, 0.3) is 0 Å². The van der Waals surface area contributed by atoms with Crippen molar-refractivity contribution in [3.63, 3.8) is 0 Å². The molecule has 0 spiro atoms. The summed E-state index contributed by atoms with van der Waals surface area (Å²) in [5.41, 5.74) is -0.677. The van der Waals surface area contributed by atoms with E-state index in [9.17, 15) is 9.59 Å². The molecule has 0 saturated heterocycles. The SMILES string of the molecule is O=C(O)/C(C=CCCl)=C(/C=CCCl)C(=O)O. The van der Waals surface area contributed by atoms with Gasteiger partial charge in [0.15, 0.2) is 0 Å². The van der Waals surface area contributed by atoms with Crippen LogP contribution in [0.3, 0.4) is 0 Å². The monoisotopic (exact) mass is 264 g/mol. The topological polar surface area (TPSA) is 74.6 Å². The van der Waals surface area contributed by atoms with E-state index >= 15 is 0 Å². The number of aliphatic carboxylic acids is 2. The van der Waals surface area contributed by atoms with Crippen LogP contribution in [-0.2, 0) is 9.59 Å². The Bertz CT molecular complexity index is 322. The quantitative estimate of drug-likeness (QED) is 0.438. The van der Waals surface area contributed by atoms with Crippen molar-refractivity contribution in [2.24, 2.45) is 0 Å². The van der Waals surface area contributed by atoms with Crippen LogP contribution in [0.1, 0.15) is 0 Å². The second-order valence-electron chi connectivity index (χ2n) is 2.55. The molecule has 0 aromatic carbocycles. The van der Waals surface area contributed by atoms with Crippen LogP contribution in [0.2, 0.25) is 0 Å². The van der Waals surface area contributed by atoms with E-state index in [4.69, 9.17) is 33.4 Å². The minimum Gasteiger partial charge on any atom is -0.478 e. The molecule has 0 aromatic rings. The fourth-order valence-corrected chi connectivity index (χ4v) is 1.06. The Hall–Kier alpha value is -1.26. The Balaban J connectivity index is 5.44. The summed E-state index contributed by atoms with van der Waals surface area (Å²) < 4.78 is 0.